The molecule has 26 heavy (non-hydrogen) atoms. The molecule has 0 spiro atoms. The molecular weight excluding hydrogens is 330 g/mol. The number of amides is 1. The van der Waals surface area contributed by atoms with Gasteiger partial charge < -0.3 is 19.7 Å². The Morgan fingerprint density at radius 2 is 2.04 bits per heavy atom. The molecule has 1 N–H and O–H groups in total. The Kier molecular flexibility index (Phi) is 6.88. The van der Waals surface area contributed by atoms with Gasteiger partial charge in [0.05, 0.1) is 5.69 Å². The van der Waals surface area contributed by atoms with Crippen molar-refractivity contribution >= 4 is 11.6 Å². The zero-order valence-corrected chi connectivity index (χ0v) is 15.9. The Bertz CT molecular complexity index is 587. The maximum Gasteiger partial charge on any atom is 0.253 e. The molecule has 2 aliphatic heterocycles. The maximum atomic E-state index is 12.5. The predicted molar refractivity (Wildman–Crippen MR) is 103 cm³/mol. The number of anilines is 1. The summed E-state index contributed by atoms with van der Waals surface area (Å²) in [5.41, 5.74) is 0.720. The van der Waals surface area contributed by atoms with Gasteiger partial charge in [-0.15, -0.1) is 0 Å². The fourth-order valence-electron chi connectivity index (χ4n) is 3.41. The van der Waals surface area contributed by atoms with Crippen LogP contribution in [-0.4, -0.2) is 74.8 Å². The third-order valence-electron chi connectivity index (χ3n) is 5.24. The van der Waals surface area contributed by atoms with Gasteiger partial charge in [0, 0.05) is 39.3 Å². The zero-order chi connectivity index (χ0) is 18.4. The van der Waals surface area contributed by atoms with E-state index in [2.05, 4.69) is 29.1 Å². The number of benzene rings is 1. The van der Waals surface area contributed by atoms with Crippen LogP contribution in [0.25, 0.3) is 0 Å². The zero-order valence-electron chi connectivity index (χ0n) is 15.9. The highest BCUT2D eigenvalue weighted by Gasteiger charge is 2.26. The number of likely N-dealkylation sites (N-methyl/N-ethyl adjacent to an activating group) is 1. The molecule has 0 aromatic heterocycles. The quantitative estimate of drug-likeness (QED) is 0.841. The smallest absolute Gasteiger partial charge is 0.253 e. The van der Waals surface area contributed by atoms with Crippen LogP contribution in [0.15, 0.2) is 24.3 Å². The fraction of sp³-hybridized carbons (Fsp3) is 0.650. The van der Waals surface area contributed by atoms with Crippen molar-refractivity contribution in [2.75, 3.05) is 58.3 Å². The van der Waals surface area contributed by atoms with E-state index in [1.165, 1.54) is 0 Å². The fourth-order valence-corrected chi connectivity index (χ4v) is 3.41. The van der Waals surface area contributed by atoms with E-state index in [-0.39, 0.29) is 12.0 Å². The van der Waals surface area contributed by atoms with E-state index in [1.807, 2.05) is 24.3 Å². The summed E-state index contributed by atoms with van der Waals surface area (Å²) in [7, 11) is 2.16. The van der Waals surface area contributed by atoms with E-state index in [9.17, 15) is 4.79 Å². The van der Waals surface area contributed by atoms with Crippen LogP contribution in [0, 0.1) is 5.92 Å². The molecule has 1 aromatic rings. The average molecular weight is 361 g/mol. The molecule has 2 atom stereocenters. The second kappa shape index (κ2) is 9.35. The van der Waals surface area contributed by atoms with Crippen LogP contribution in [0.5, 0.6) is 5.75 Å². The Hall–Kier alpha value is -1.63. The van der Waals surface area contributed by atoms with Crippen LogP contribution in [0.4, 0.5) is 5.69 Å². The third-order valence-corrected chi connectivity index (χ3v) is 5.24. The summed E-state index contributed by atoms with van der Waals surface area (Å²) < 4.78 is 11.6. The molecule has 2 fully saturated rings. The number of ether oxygens (including phenoxy) is 2. The van der Waals surface area contributed by atoms with Crippen molar-refractivity contribution in [1.82, 2.24) is 9.80 Å². The molecule has 1 amide bonds. The summed E-state index contributed by atoms with van der Waals surface area (Å²) in [6.45, 7) is 8.71. The van der Waals surface area contributed by atoms with Crippen LogP contribution in [0.1, 0.15) is 19.8 Å². The van der Waals surface area contributed by atoms with E-state index in [0.717, 1.165) is 57.0 Å². The van der Waals surface area contributed by atoms with E-state index in [0.29, 0.717) is 19.1 Å². The lowest BCUT2D eigenvalue weighted by Crippen LogP contribution is -2.45. The summed E-state index contributed by atoms with van der Waals surface area (Å²) in [6.07, 6.45) is 1.44. The second-order valence-electron chi connectivity index (χ2n) is 7.47. The van der Waals surface area contributed by atoms with Gasteiger partial charge in [0.25, 0.3) is 5.91 Å². The SMILES string of the molecule is C[C@H]1CCO[C@H](C(=O)Nc2ccccc2OCCN2CCN(C)CC2)C1. The number of carbonyl (C=O) groups excluding carboxylic acids is 1. The van der Waals surface area contributed by atoms with Gasteiger partial charge in [-0.1, -0.05) is 19.1 Å². The van der Waals surface area contributed by atoms with Crippen molar-refractivity contribution in [3.63, 3.8) is 0 Å². The minimum Gasteiger partial charge on any atom is -0.490 e. The number of carbonyl (C=O) groups is 1. The minimum absolute atomic E-state index is 0.0772. The van der Waals surface area contributed by atoms with E-state index in [4.69, 9.17) is 9.47 Å². The first-order chi connectivity index (χ1) is 12.6. The summed E-state index contributed by atoms with van der Waals surface area (Å²) in [6, 6.07) is 7.63. The number of nitrogens with one attached hydrogen (secondary N) is 1. The normalized spacial score (nSPS) is 25.0. The molecule has 0 aliphatic carbocycles. The highest BCUT2D eigenvalue weighted by Crippen LogP contribution is 2.26. The van der Waals surface area contributed by atoms with Crippen molar-refractivity contribution < 1.29 is 14.3 Å². The van der Waals surface area contributed by atoms with Crippen LogP contribution < -0.4 is 10.1 Å². The number of rotatable bonds is 6. The molecular formula is C20H31N3O3. The molecule has 2 saturated heterocycles. The van der Waals surface area contributed by atoms with Gasteiger partial charge in [-0.2, -0.15) is 0 Å². The molecule has 6 nitrogen and oxygen atoms in total. The predicted octanol–water partition coefficient (Wildman–Crippen LogP) is 2.07. The monoisotopic (exact) mass is 361 g/mol. The molecule has 3 rings (SSSR count). The maximum absolute atomic E-state index is 12.5. The van der Waals surface area contributed by atoms with Crippen molar-refractivity contribution in [2.45, 2.75) is 25.9 Å². The lowest BCUT2D eigenvalue weighted by atomic mass is 9.97. The molecule has 144 valence electrons. The number of piperazine rings is 1. The molecule has 0 radical (unpaired) electrons. The summed E-state index contributed by atoms with van der Waals surface area (Å²) in [5.74, 6) is 1.17. The molecule has 0 unspecified atom stereocenters. The molecule has 2 heterocycles. The van der Waals surface area contributed by atoms with Crippen LogP contribution in [0.3, 0.4) is 0 Å². The van der Waals surface area contributed by atoms with Gasteiger partial charge in [-0.25, -0.2) is 0 Å². The first-order valence-electron chi connectivity index (χ1n) is 9.67. The Morgan fingerprint density at radius 3 is 2.81 bits per heavy atom. The van der Waals surface area contributed by atoms with Gasteiger partial charge in [-0.05, 0) is 37.9 Å². The molecule has 0 saturated carbocycles. The lowest BCUT2D eigenvalue weighted by Gasteiger charge is -2.32. The standard InChI is InChI=1S/C20H31N3O3/c1-16-7-13-25-19(15-16)20(24)21-17-5-3-4-6-18(17)26-14-12-23-10-8-22(2)9-11-23/h3-6,16,19H,7-15H2,1-2H3,(H,21,24)/t16-,19-/m0/s1. The van der Waals surface area contributed by atoms with Gasteiger partial charge in [-0.3, -0.25) is 9.69 Å². The van der Waals surface area contributed by atoms with Crippen molar-refractivity contribution in [3.05, 3.63) is 24.3 Å². The Morgan fingerprint density at radius 1 is 1.27 bits per heavy atom. The van der Waals surface area contributed by atoms with E-state index in [1.54, 1.807) is 0 Å². The van der Waals surface area contributed by atoms with Gasteiger partial charge in [0.1, 0.15) is 18.5 Å². The number of hydrogen-bond acceptors (Lipinski definition) is 5. The molecule has 6 heteroatoms. The molecule has 0 bridgehead atoms. The minimum atomic E-state index is -0.364. The summed E-state index contributed by atoms with van der Waals surface area (Å²) in [4.78, 5) is 17.3. The van der Waals surface area contributed by atoms with Gasteiger partial charge >= 0.3 is 0 Å². The van der Waals surface area contributed by atoms with Crippen LogP contribution in [-0.2, 0) is 9.53 Å². The van der Waals surface area contributed by atoms with Crippen LogP contribution >= 0.6 is 0 Å². The number of para-hydroxylation sites is 2. The Balaban J connectivity index is 1.50. The summed E-state index contributed by atoms with van der Waals surface area (Å²) in [5, 5.41) is 2.99. The van der Waals surface area contributed by atoms with Crippen molar-refractivity contribution in [1.29, 1.82) is 0 Å². The first kappa shape index (κ1) is 19.1. The number of hydrogen-bond donors (Lipinski definition) is 1. The van der Waals surface area contributed by atoms with Crippen molar-refractivity contribution in [3.8, 4) is 5.75 Å². The molecule has 2 aliphatic rings. The highest BCUT2D eigenvalue weighted by atomic mass is 16.5. The second-order valence-corrected chi connectivity index (χ2v) is 7.47. The number of nitrogens with zero attached hydrogens (tertiary/aromatic N) is 2. The average Bonchev–Trinajstić information content (AvgIpc) is 2.65. The molecule has 1 aromatic carbocycles. The topological polar surface area (TPSA) is 54.0 Å². The third kappa shape index (κ3) is 5.43. The summed E-state index contributed by atoms with van der Waals surface area (Å²) >= 11 is 0. The first-order valence-corrected chi connectivity index (χ1v) is 9.67. The Labute approximate surface area is 156 Å². The largest absolute Gasteiger partial charge is 0.490 e. The van der Waals surface area contributed by atoms with Gasteiger partial charge in [0.2, 0.25) is 0 Å². The van der Waals surface area contributed by atoms with Crippen LogP contribution in [0.2, 0.25) is 0 Å². The highest BCUT2D eigenvalue weighted by molar-refractivity contribution is 5.95. The lowest BCUT2D eigenvalue weighted by molar-refractivity contribution is -0.131. The van der Waals surface area contributed by atoms with Crippen molar-refractivity contribution in [2.24, 2.45) is 5.92 Å². The van der Waals surface area contributed by atoms with E-state index < -0.39 is 0 Å². The van der Waals surface area contributed by atoms with E-state index >= 15 is 0 Å². The van der Waals surface area contributed by atoms with Gasteiger partial charge in [0.15, 0.2) is 0 Å².